The van der Waals surface area contributed by atoms with E-state index in [0.717, 1.165) is 24.2 Å². The zero-order chi connectivity index (χ0) is 15.0. The van der Waals surface area contributed by atoms with Crippen LogP contribution >= 0.6 is 0 Å². The maximum atomic E-state index is 11.0. The van der Waals surface area contributed by atoms with E-state index in [1.54, 1.807) is 0 Å². The Kier molecular flexibility index (Phi) is 6.56. The molecule has 0 saturated carbocycles. The maximum absolute atomic E-state index is 11.0. The van der Waals surface area contributed by atoms with Crippen LogP contribution in [-0.4, -0.2) is 29.6 Å². The van der Waals surface area contributed by atoms with Gasteiger partial charge in [-0.25, -0.2) is 4.79 Å². The number of carboxylic acids is 1. The Morgan fingerprint density at radius 3 is 2.45 bits per heavy atom. The topological polar surface area (TPSA) is 75.6 Å². The number of hydrogen-bond donors (Lipinski definition) is 2. The fourth-order valence-corrected chi connectivity index (χ4v) is 1.74. The number of ether oxygens (including phenoxy) is 1. The lowest BCUT2D eigenvalue weighted by Gasteiger charge is -2.13. The molecular weight excluding hydrogens is 258 g/mol. The van der Waals surface area contributed by atoms with Crippen LogP contribution in [0.5, 0.6) is 5.75 Å². The van der Waals surface area contributed by atoms with Gasteiger partial charge in [0.2, 0.25) is 5.91 Å². The number of aliphatic carboxylic acids is 1. The van der Waals surface area contributed by atoms with Gasteiger partial charge < -0.3 is 15.2 Å². The maximum Gasteiger partial charge on any atom is 0.326 e. The van der Waals surface area contributed by atoms with E-state index < -0.39 is 12.0 Å². The van der Waals surface area contributed by atoms with Crippen molar-refractivity contribution in [1.82, 2.24) is 5.32 Å². The van der Waals surface area contributed by atoms with Gasteiger partial charge in [-0.15, -0.1) is 0 Å². The number of hydrogen-bond acceptors (Lipinski definition) is 3. The van der Waals surface area contributed by atoms with Gasteiger partial charge in [0.1, 0.15) is 11.8 Å². The summed E-state index contributed by atoms with van der Waals surface area (Å²) < 4.78 is 5.53. The Hall–Kier alpha value is -2.04. The summed E-state index contributed by atoms with van der Waals surface area (Å²) in [5.74, 6) is -0.617. The lowest BCUT2D eigenvalue weighted by atomic mass is 10.1. The number of amides is 1. The van der Waals surface area contributed by atoms with Crippen molar-refractivity contribution in [3.8, 4) is 5.75 Å². The minimum atomic E-state index is -1.04. The molecule has 0 aliphatic rings. The van der Waals surface area contributed by atoms with Crippen molar-refractivity contribution in [2.75, 3.05) is 6.61 Å². The van der Waals surface area contributed by atoms with Gasteiger partial charge in [-0.3, -0.25) is 4.79 Å². The summed E-state index contributed by atoms with van der Waals surface area (Å²) in [5.41, 5.74) is 0.842. The van der Waals surface area contributed by atoms with Gasteiger partial charge in [0.25, 0.3) is 0 Å². The van der Waals surface area contributed by atoms with Crippen molar-refractivity contribution in [2.24, 2.45) is 0 Å². The van der Waals surface area contributed by atoms with Crippen LogP contribution in [0.4, 0.5) is 0 Å². The van der Waals surface area contributed by atoms with Crippen molar-refractivity contribution in [1.29, 1.82) is 0 Å². The van der Waals surface area contributed by atoms with Gasteiger partial charge in [0.05, 0.1) is 6.61 Å². The lowest BCUT2D eigenvalue weighted by molar-refractivity contribution is -0.141. The molecule has 0 fully saturated rings. The smallest absolute Gasteiger partial charge is 0.326 e. The van der Waals surface area contributed by atoms with Gasteiger partial charge >= 0.3 is 5.97 Å². The van der Waals surface area contributed by atoms with Crippen molar-refractivity contribution in [3.05, 3.63) is 29.8 Å². The zero-order valence-electron chi connectivity index (χ0n) is 11.9. The fraction of sp³-hybridized carbons (Fsp3) is 0.467. The Balaban J connectivity index is 2.58. The van der Waals surface area contributed by atoms with Gasteiger partial charge in [0.15, 0.2) is 0 Å². The minimum Gasteiger partial charge on any atom is -0.494 e. The third-order valence-electron chi connectivity index (χ3n) is 2.81. The predicted octanol–water partition coefficient (Wildman–Crippen LogP) is 2.00. The first-order chi connectivity index (χ1) is 9.52. The molecule has 0 radical (unpaired) electrons. The molecule has 5 nitrogen and oxygen atoms in total. The largest absolute Gasteiger partial charge is 0.494 e. The van der Waals surface area contributed by atoms with Gasteiger partial charge in [-0.2, -0.15) is 0 Å². The van der Waals surface area contributed by atoms with E-state index >= 15 is 0 Å². The van der Waals surface area contributed by atoms with Crippen LogP contribution in [0.2, 0.25) is 0 Å². The second-order valence-corrected chi connectivity index (χ2v) is 4.64. The molecule has 0 spiro atoms. The van der Waals surface area contributed by atoms with E-state index in [9.17, 15) is 9.59 Å². The second-order valence-electron chi connectivity index (χ2n) is 4.64. The Morgan fingerprint density at radius 1 is 1.30 bits per heavy atom. The van der Waals surface area contributed by atoms with Crippen LogP contribution in [0, 0.1) is 0 Å². The highest BCUT2D eigenvalue weighted by atomic mass is 16.5. The van der Waals surface area contributed by atoms with E-state index in [-0.39, 0.29) is 12.3 Å². The van der Waals surface area contributed by atoms with Crippen molar-refractivity contribution < 1.29 is 19.4 Å². The summed E-state index contributed by atoms with van der Waals surface area (Å²) in [6.07, 6.45) is 2.34. The highest BCUT2D eigenvalue weighted by molar-refractivity contribution is 5.82. The average Bonchev–Trinajstić information content (AvgIpc) is 2.39. The molecule has 1 rings (SSSR count). The van der Waals surface area contributed by atoms with E-state index in [0.29, 0.717) is 6.61 Å². The van der Waals surface area contributed by atoms with Gasteiger partial charge in [-0.05, 0) is 24.1 Å². The summed E-state index contributed by atoms with van der Waals surface area (Å²) in [6, 6.07) is 6.37. The number of carbonyl (C=O) groups is 2. The lowest BCUT2D eigenvalue weighted by Crippen LogP contribution is -2.41. The van der Waals surface area contributed by atoms with Crippen LogP contribution in [0.15, 0.2) is 24.3 Å². The van der Waals surface area contributed by atoms with Gasteiger partial charge in [0, 0.05) is 13.3 Å². The molecule has 2 N–H and O–H groups in total. The highest BCUT2D eigenvalue weighted by Crippen LogP contribution is 2.14. The summed E-state index contributed by atoms with van der Waals surface area (Å²) in [7, 11) is 0. The minimum absolute atomic E-state index is 0.254. The van der Waals surface area contributed by atoms with Gasteiger partial charge in [-0.1, -0.05) is 25.5 Å². The monoisotopic (exact) mass is 279 g/mol. The molecule has 0 aliphatic heterocycles. The molecule has 0 heterocycles. The molecule has 5 heteroatoms. The Bertz CT molecular complexity index is 442. The molecule has 1 aromatic rings. The second kappa shape index (κ2) is 8.19. The molecule has 1 atom stereocenters. The number of rotatable bonds is 8. The van der Waals surface area contributed by atoms with E-state index in [1.807, 2.05) is 24.3 Å². The number of carbonyl (C=O) groups excluding carboxylic acids is 1. The number of unbranched alkanes of at least 4 members (excludes halogenated alkanes) is 1. The summed E-state index contributed by atoms with van der Waals surface area (Å²) >= 11 is 0. The number of carboxylic acid groups (broad SMARTS) is 1. The molecule has 0 saturated heterocycles. The number of nitrogens with one attached hydrogen (secondary N) is 1. The SMILES string of the molecule is CCCCOc1ccc(CC(NC(C)=O)C(=O)O)cc1. The standard InChI is InChI=1S/C15H21NO4/c1-3-4-9-20-13-7-5-12(6-8-13)10-14(15(18)19)16-11(2)17/h5-8,14H,3-4,9-10H2,1-2H3,(H,16,17)(H,18,19). The normalized spacial score (nSPS) is 11.7. The van der Waals surface area contributed by atoms with E-state index in [1.165, 1.54) is 6.92 Å². The van der Waals surface area contributed by atoms with Crippen molar-refractivity contribution >= 4 is 11.9 Å². The molecule has 110 valence electrons. The molecule has 1 aromatic carbocycles. The molecule has 1 amide bonds. The van der Waals surface area contributed by atoms with E-state index in [4.69, 9.17) is 9.84 Å². The summed E-state index contributed by atoms with van der Waals surface area (Å²) in [4.78, 5) is 22.0. The van der Waals surface area contributed by atoms with Crippen LogP contribution in [0.3, 0.4) is 0 Å². The summed E-state index contributed by atoms with van der Waals surface area (Å²) in [6.45, 7) is 4.08. The van der Waals surface area contributed by atoms with Crippen LogP contribution < -0.4 is 10.1 Å². The third-order valence-corrected chi connectivity index (χ3v) is 2.81. The van der Waals surface area contributed by atoms with E-state index in [2.05, 4.69) is 12.2 Å². The first kappa shape index (κ1) is 16.0. The highest BCUT2D eigenvalue weighted by Gasteiger charge is 2.18. The molecular formula is C15H21NO4. The molecule has 1 unspecified atom stereocenters. The Labute approximate surface area is 118 Å². The molecule has 0 aliphatic carbocycles. The third kappa shape index (κ3) is 5.73. The molecule has 0 bridgehead atoms. The predicted molar refractivity (Wildman–Crippen MR) is 75.8 cm³/mol. The quantitative estimate of drug-likeness (QED) is 0.714. The molecule has 20 heavy (non-hydrogen) atoms. The fourth-order valence-electron chi connectivity index (χ4n) is 1.74. The summed E-state index contributed by atoms with van der Waals surface area (Å²) in [5, 5.41) is 11.5. The van der Waals surface area contributed by atoms with Crippen molar-refractivity contribution in [2.45, 2.75) is 39.2 Å². The zero-order valence-corrected chi connectivity index (χ0v) is 11.9. The first-order valence-corrected chi connectivity index (χ1v) is 6.74. The van der Waals surface area contributed by atoms with Crippen LogP contribution in [0.25, 0.3) is 0 Å². The average molecular weight is 279 g/mol. The van der Waals surface area contributed by atoms with Crippen LogP contribution in [-0.2, 0) is 16.0 Å². The molecule has 0 aromatic heterocycles. The van der Waals surface area contributed by atoms with Crippen molar-refractivity contribution in [3.63, 3.8) is 0 Å². The Morgan fingerprint density at radius 2 is 1.95 bits per heavy atom. The number of benzene rings is 1. The van der Waals surface area contributed by atoms with Crippen LogP contribution in [0.1, 0.15) is 32.3 Å². The first-order valence-electron chi connectivity index (χ1n) is 6.74.